The number of benzene rings is 1. The van der Waals surface area contributed by atoms with Crippen LogP contribution in [0, 0.1) is 0 Å². The molecular formula is C16H23ClN2O3. The molecule has 0 unspecified atom stereocenters. The molecule has 0 aliphatic carbocycles. The molecule has 5 nitrogen and oxygen atoms in total. The van der Waals surface area contributed by atoms with Gasteiger partial charge in [0, 0.05) is 37.7 Å². The third kappa shape index (κ3) is 5.39. The number of halogens is 1. The first kappa shape index (κ1) is 16.9. The summed E-state index contributed by atoms with van der Waals surface area (Å²) in [6.45, 7) is 7.12. The van der Waals surface area contributed by atoms with Crippen LogP contribution in [0.5, 0.6) is 5.75 Å². The van der Waals surface area contributed by atoms with Crippen LogP contribution in [0.2, 0.25) is 5.02 Å². The molecule has 1 aliphatic heterocycles. The quantitative estimate of drug-likeness (QED) is 0.754. The van der Waals surface area contributed by atoms with E-state index in [1.54, 1.807) is 4.90 Å². The molecule has 1 aromatic rings. The molecule has 2 rings (SSSR count). The smallest absolute Gasteiger partial charge is 0.409 e. The number of ether oxygens (including phenoxy) is 2. The molecule has 0 bridgehead atoms. The number of carbonyl (C=O) groups is 1. The van der Waals surface area contributed by atoms with Gasteiger partial charge >= 0.3 is 6.09 Å². The molecule has 122 valence electrons. The van der Waals surface area contributed by atoms with E-state index in [9.17, 15) is 4.79 Å². The maximum absolute atomic E-state index is 11.6. The maximum atomic E-state index is 11.6. The van der Waals surface area contributed by atoms with Gasteiger partial charge in [-0.05, 0) is 31.5 Å². The summed E-state index contributed by atoms with van der Waals surface area (Å²) in [4.78, 5) is 15.7. The minimum Gasteiger partial charge on any atom is -0.493 e. The summed E-state index contributed by atoms with van der Waals surface area (Å²) < 4.78 is 10.7. The number of amides is 1. The van der Waals surface area contributed by atoms with Crippen LogP contribution < -0.4 is 4.74 Å². The van der Waals surface area contributed by atoms with Crippen molar-refractivity contribution < 1.29 is 14.3 Å². The molecule has 0 aromatic heterocycles. The van der Waals surface area contributed by atoms with Crippen LogP contribution in [-0.4, -0.2) is 61.8 Å². The van der Waals surface area contributed by atoms with Crippen molar-refractivity contribution in [3.63, 3.8) is 0 Å². The van der Waals surface area contributed by atoms with Crippen molar-refractivity contribution in [1.29, 1.82) is 0 Å². The van der Waals surface area contributed by atoms with Gasteiger partial charge in [-0.1, -0.05) is 17.7 Å². The lowest BCUT2D eigenvalue weighted by atomic mass is 10.3. The van der Waals surface area contributed by atoms with E-state index in [4.69, 9.17) is 21.1 Å². The van der Waals surface area contributed by atoms with Crippen LogP contribution >= 0.6 is 11.6 Å². The van der Waals surface area contributed by atoms with Crippen molar-refractivity contribution in [1.82, 2.24) is 9.80 Å². The zero-order chi connectivity index (χ0) is 15.8. The fourth-order valence-electron chi connectivity index (χ4n) is 2.40. The highest BCUT2D eigenvalue weighted by atomic mass is 35.5. The Kier molecular flexibility index (Phi) is 6.80. The van der Waals surface area contributed by atoms with Crippen LogP contribution in [0.15, 0.2) is 24.3 Å². The summed E-state index contributed by atoms with van der Waals surface area (Å²) in [6.07, 6.45) is 0.748. The largest absolute Gasteiger partial charge is 0.493 e. The fourth-order valence-corrected chi connectivity index (χ4v) is 2.58. The van der Waals surface area contributed by atoms with Crippen molar-refractivity contribution >= 4 is 17.7 Å². The van der Waals surface area contributed by atoms with Gasteiger partial charge in [0.15, 0.2) is 0 Å². The number of hydrogen-bond acceptors (Lipinski definition) is 4. The van der Waals surface area contributed by atoms with E-state index in [1.807, 2.05) is 31.2 Å². The Bertz CT molecular complexity index is 476. The average molecular weight is 327 g/mol. The van der Waals surface area contributed by atoms with Crippen LogP contribution in [-0.2, 0) is 4.74 Å². The van der Waals surface area contributed by atoms with E-state index in [0.29, 0.717) is 18.2 Å². The van der Waals surface area contributed by atoms with E-state index in [1.165, 1.54) is 0 Å². The molecular weight excluding hydrogens is 304 g/mol. The Morgan fingerprint density at radius 1 is 1.27 bits per heavy atom. The van der Waals surface area contributed by atoms with E-state index in [0.717, 1.165) is 44.9 Å². The van der Waals surface area contributed by atoms with Gasteiger partial charge in [0.2, 0.25) is 0 Å². The number of carbonyl (C=O) groups excluding carboxylic acids is 1. The van der Waals surface area contributed by atoms with Crippen molar-refractivity contribution in [3.05, 3.63) is 29.3 Å². The Balaban J connectivity index is 1.60. The molecule has 6 heteroatoms. The van der Waals surface area contributed by atoms with Gasteiger partial charge in [-0.3, -0.25) is 4.90 Å². The molecule has 1 aliphatic rings. The molecule has 1 heterocycles. The van der Waals surface area contributed by atoms with Crippen molar-refractivity contribution in [2.45, 2.75) is 13.3 Å². The van der Waals surface area contributed by atoms with Gasteiger partial charge in [0.1, 0.15) is 5.75 Å². The molecule has 0 atom stereocenters. The molecule has 1 saturated heterocycles. The minimum atomic E-state index is -0.202. The van der Waals surface area contributed by atoms with Gasteiger partial charge < -0.3 is 14.4 Å². The molecule has 1 aromatic carbocycles. The zero-order valence-corrected chi connectivity index (χ0v) is 13.7. The van der Waals surface area contributed by atoms with Crippen molar-refractivity contribution in [3.8, 4) is 5.75 Å². The number of rotatable bonds is 6. The molecule has 0 N–H and O–H groups in total. The van der Waals surface area contributed by atoms with Gasteiger partial charge in [-0.15, -0.1) is 0 Å². The number of nitrogens with zero attached hydrogens (tertiary/aromatic N) is 2. The summed E-state index contributed by atoms with van der Waals surface area (Å²) in [5, 5.41) is 0.688. The predicted molar refractivity (Wildman–Crippen MR) is 86.6 cm³/mol. The zero-order valence-electron chi connectivity index (χ0n) is 13.0. The Hall–Kier alpha value is -1.46. The summed E-state index contributed by atoms with van der Waals surface area (Å²) in [7, 11) is 0. The lowest BCUT2D eigenvalue weighted by Gasteiger charge is -2.33. The highest BCUT2D eigenvalue weighted by Crippen LogP contribution is 2.17. The normalized spacial score (nSPS) is 15.6. The van der Waals surface area contributed by atoms with Gasteiger partial charge in [0.05, 0.1) is 13.2 Å². The monoisotopic (exact) mass is 326 g/mol. The Labute approximate surface area is 136 Å². The van der Waals surface area contributed by atoms with Crippen LogP contribution in [0.4, 0.5) is 4.79 Å². The molecule has 1 fully saturated rings. The van der Waals surface area contributed by atoms with E-state index in [2.05, 4.69) is 4.90 Å². The highest BCUT2D eigenvalue weighted by Gasteiger charge is 2.21. The van der Waals surface area contributed by atoms with Crippen molar-refractivity contribution in [2.75, 3.05) is 45.9 Å². The number of hydrogen-bond donors (Lipinski definition) is 0. The van der Waals surface area contributed by atoms with E-state index < -0.39 is 0 Å². The van der Waals surface area contributed by atoms with E-state index in [-0.39, 0.29) is 6.09 Å². The lowest BCUT2D eigenvalue weighted by Crippen LogP contribution is -2.49. The standard InChI is InChI=1S/C16H23ClN2O3/c1-2-21-16(20)19-10-8-18(9-11-19)7-4-12-22-15-6-3-5-14(17)13-15/h3,5-6,13H,2,4,7-12H2,1H3. The molecule has 1 amide bonds. The second-order valence-electron chi connectivity index (χ2n) is 5.19. The van der Waals surface area contributed by atoms with Crippen LogP contribution in [0.3, 0.4) is 0 Å². The topological polar surface area (TPSA) is 42.0 Å². The van der Waals surface area contributed by atoms with Crippen LogP contribution in [0.1, 0.15) is 13.3 Å². The summed E-state index contributed by atoms with van der Waals surface area (Å²) in [5.41, 5.74) is 0. The van der Waals surface area contributed by atoms with Crippen molar-refractivity contribution in [2.24, 2.45) is 0 Å². The van der Waals surface area contributed by atoms with Gasteiger partial charge in [0.25, 0.3) is 0 Å². The SMILES string of the molecule is CCOC(=O)N1CCN(CCCOc2cccc(Cl)c2)CC1. The van der Waals surface area contributed by atoms with Gasteiger partial charge in [-0.2, -0.15) is 0 Å². The van der Waals surface area contributed by atoms with Gasteiger partial charge in [-0.25, -0.2) is 4.79 Å². The molecule has 0 saturated carbocycles. The fraction of sp³-hybridized carbons (Fsp3) is 0.562. The Morgan fingerprint density at radius 3 is 2.73 bits per heavy atom. The molecule has 22 heavy (non-hydrogen) atoms. The first-order valence-corrected chi connectivity index (χ1v) is 8.09. The summed E-state index contributed by atoms with van der Waals surface area (Å²) in [5.74, 6) is 0.805. The second-order valence-corrected chi connectivity index (χ2v) is 5.62. The summed E-state index contributed by atoms with van der Waals surface area (Å²) in [6, 6.07) is 7.44. The maximum Gasteiger partial charge on any atom is 0.409 e. The first-order valence-electron chi connectivity index (χ1n) is 7.71. The molecule has 0 spiro atoms. The number of piperazine rings is 1. The third-order valence-electron chi connectivity index (χ3n) is 3.58. The predicted octanol–water partition coefficient (Wildman–Crippen LogP) is 2.88. The first-order chi connectivity index (χ1) is 10.7. The third-order valence-corrected chi connectivity index (χ3v) is 3.82. The lowest BCUT2D eigenvalue weighted by molar-refractivity contribution is 0.0782. The second kappa shape index (κ2) is 8.86. The summed E-state index contributed by atoms with van der Waals surface area (Å²) >= 11 is 5.91. The van der Waals surface area contributed by atoms with Crippen LogP contribution in [0.25, 0.3) is 0 Å². The minimum absolute atomic E-state index is 0.202. The Morgan fingerprint density at radius 2 is 2.05 bits per heavy atom. The van der Waals surface area contributed by atoms with E-state index >= 15 is 0 Å². The highest BCUT2D eigenvalue weighted by molar-refractivity contribution is 6.30. The molecule has 0 radical (unpaired) electrons. The average Bonchev–Trinajstić information content (AvgIpc) is 2.52.